The van der Waals surface area contributed by atoms with Crippen LogP contribution in [0.1, 0.15) is 11.1 Å². The number of amides is 1. The van der Waals surface area contributed by atoms with Gasteiger partial charge >= 0.3 is 0 Å². The Kier molecular flexibility index (Phi) is 8.40. The van der Waals surface area contributed by atoms with Crippen LogP contribution in [0.15, 0.2) is 42.5 Å². The minimum absolute atomic E-state index is 0. The maximum atomic E-state index is 10.9. The second kappa shape index (κ2) is 10.0. The van der Waals surface area contributed by atoms with Crippen LogP contribution in [0.2, 0.25) is 5.02 Å². The van der Waals surface area contributed by atoms with Gasteiger partial charge in [-0.3, -0.25) is 4.79 Å². The van der Waals surface area contributed by atoms with Gasteiger partial charge in [0, 0.05) is 23.7 Å². The lowest BCUT2D eigenvalue weighted by Gasteiger charge is -2.15. The molecule has 1 amide bonds. The fourth-order valence-electron chi connectivity index (χ4n) is 2.14. The van der Waals surface area contributed by atoms with E-state index in [1.807, 2.05) is 36.4 Å². The monoisotopic (exact) mass is 369 g/mol. The van der Waals surface area contributed by atoms with E-state index in [1.165, 1.54) is 0 Å². The van der Waals surface area contributed by atoms with Crippen LogP contribution in [0.25, 0.3) is 0 Å². The van der Waals surface area contributed by atoms with E-state index in [4.69, 9.17) is 26.8 Å². The van der Waals surface area contributed by atoms with Crippen LogP contribution in [0.3, 0.4) is 0 Å². The summed E-state index contributed by atoms with van der Waals surface area (Å²) in [6, 6.07) is 13.2. The number of benzene rings is 2. The van der Waals surface area contributed by atoms with Crippen LogP contribution in [0, 0.1) is 0 Å². The van der Waals surface area contributed by atoms with Gasteiger partial charge in [0.15, 0.2) is 18.1 Å². The molecule has 0 bridgehead atoms. The Morgan fingerprint density at radius 1 is 1.12 bits per heavy atom. The Bertz CT molecular complexity index is 681. The van der Waals surface area contributed by atoms with Crippen LogP contribution < -0.4 is 32.9 Å². The molecule has 2 aromatic rings. The lowest BCUT2D eigenvalue weighted by molar-refractivity contribution is -0.119. The Hall–Kier alpha value is -1.95. The van der Waals surface area contributed by atoms with E-state index in [0.717, 1.165) is 16.1 Å². The van der Waals surface area contributed by atoms with Gasteiger partial charge in [-0.25, -0.2) is 0 Å². The third-order valence-corrected chi connectivity index (χ3v) is 3.60. The molecule has 3 N–H and O–H groups in total. The fourth-order valence-corrected chi connectivity index (χ4v) is 2.34. The average molecular weight is 370 g/mol. The number of carbonyl (C=O) groups is 1. The summed E-state index contributed by atoms with van der Waals surface area (Å²) >= 11 is 6.13. The van der Waals surface area contributed by atoms with E-state index in [1.54, 1.807) is 13.2 Å². The molecule has 5 nitrogen and oxygen atoms in total. The van der Waals surface area contributed by atoms with Crippen molar-refractivity contribution in [3.8, 4) is 11.5 Å². The lowest BCUT2D eigenvalue weighted by Crippen LogP contribution is -3.00. The van der Waals surface area contributed by atoms with E-state index in [0.29, 0.717) is 24.6 Å². The van der Waals surface area contributed by atoms with Crippen molar-refractivity contribution in [3.63, 3.8) is 0 Å². The van der Waals surface area contributed by atoms with Crippen LogP contribution >= 0.6 is 11.6 Å². The smallest absolute Gasteiger partial charge is 0.255 e. The predicted octanol–water partition coefficient (Wildman–Crippen LogP) is -0.493. The van der Waals surface area contributed by atoms with Gasteiger partial charge in [-0.05, 0) is 17.7 Å². The van der Waals surface area contributed by atoms with E-state index in [2.05, 4.69) is 5.32 Å². The number of hydrogen-bond acceptors (Lipinski definition) is 4. The molecule has 0 aliphatic carbocycles. The topological polar surface area (TPSA) is 73.6 Å². The normalized spacial score (nSPS) is 9.92. The van der Waals surface area contributed by atoms with E-state index < -0.39 is 5.91 Å². The molecular formula is C17H19Cl2N2O3-. The molecule has 0 heterocycles. The molecule has 24 heavy (non-hydrogen) atoms. The Balaban J connectivity index is 0.00000288. The van der Waals surface area contributed by atoms with Crippen molar-refractivity contribution in [1.82, 2.24) is 5.32 Å². The number of ether oxygens (including phenoxy) is 2. The summed E-state index contributed by atoms with van der Waals surface area (Å²) in [7, 11) is 1.55. The van der Waals surface area contributed by atoms with Gasteiger partial charge in [0.2, 0.25) is 0 Å². The molecule has 0 aliphatic heterocycles. The highest BCUT2D eigenvalue weighted by Crippen LogP contribution is 2.31. The van der Waals surface area contributed by atoms with Gasteiger partial charge in [-0.1, -0.05) is 41.9 Å². The molecule has 0 aromatic heterocycles. The van der Waals surface area contributed by atoms with E-state index >= 15 is 0 Å². The molecule has 0 saturated heterocycles. The SMILES string of the molecule is COc1cccc(CNCc2ccccc2Cl)c1OCC(N)=O.[Cl-]. The zero-order chi connectivity index (χ0) is 16.7. The first-order chi connectivity index (χ1) is 11.1. The number of nitrogens with one attached hydrogen (secondary N) is 1. The van der Waals surface area contributed by atoms with Gasteiger partial charge in [0.25, 0.3) is 5.91 Å². The molecule has 0 unspecified atom stereocenters. The third kappa shape index (κ3) is 5.60. The largest absolute Gasteiger partial charge is 1.00 e. The highest BCUT2D eigenvalue weighted by molar-refractivity contribution is 6.31. The first kappa shape index (κ1) is 20.1. The summed E-state index contributed by atoms with van der Waals surface area (Å²) < 4.78 is 10.8. The van der Waals surface area contributed by atoms with Gasteiger partial charge in [0.05, 0.1) is 7.11 Å². The van der Waals surface area contributed by atoms with E-state index in [9.17, 15) is 4.79 Å². The molecule has 2 aromatic carbocycles. The van der Waals surface area contributed by atoms with Gasteiger partial charge in [-0.2, -0.15) is 0 Å². The maximum Gasteiger partial charge on any atom is 0.255 e. The van der Waals surface area contributed by atoms with Crippen molar-refractivity contribution in [2.45, 2.75) is 13.1 Å². The van der Waals surface area contributed by atoms with Crippen LogP contribution in [0.5, 0.6) is 11.5 Å². The minimum Gasteiger partial charge on any atom is -1.00 e. The summed E-state index contributed by atoms with van der Waals surface area (Å²) in [6.45, 7) is 0.959. The van der Waals surface area contributed by atoms with Gasteiger partial charge < -0.3 is 32.9 Å². The summed E-state index contributed by atoms with van der Waals surface area (Å²) in [5.74, 6) is 0.537. The predicted molar refractivity (Wildman–Crippen MR) is 89.7 cm³/mol. The van der Waals surface area contributed by atoms with Gasteiger partial charge in [0.1, 0.15) is 0 Å². The number of methoxy groups -OCH3 is 1. The molecule has 0 atom stereocenters. The number of rotatable bonds is 8. The van der Waals surface area contributed by atoms with Crippen molar-refractivity contribution >= 4 is 17.5 Å². The summed E-state index contributed by atoms with van der Waals surface area (Å²) in [4.78, 5) is 10.9. The second-order valence-corrected chi connectivity index (χ2v) is 5.31. The number of halogens is 2. The molecule has 7 heteroatoms. The van der Waals surface area contributed by atoms with Crippen LogP contribution in [0.4, 0.5) is 0 Å². The molecule has 0 radical (unpaired) electrons. The minimum atomic E-state index is -0.536. The third-order valence-electron chi connectivity index (χ3n) is 3.23. The second-order valence-electron chi connectivity index (χ2n) is 4.90. The Labute approximate surface area is 152 Å². The molecule has 0 spiro atoms. The number of hydrogen-bond donors (Lipinski definition) is 2. The van der Waals surface area contributed by atoms with Crippen molar-refractivity contribution in [1.29, 1.82) is 0 Å². The standard InChI is InChI=1S/C17H19ClN2O3.ClH/c1-22-15-8-4-6-13(17(15)23-11-16(19)21)10-20-9-12-5-2-3-7-14(12)18;/h2-8,20H,9-11H2,1H3,(H2,19,21);1H/p-1. The van der Waals surface area contributed by atoms with Gasteiger partial charge in [-0.15, -0.1) is 0 Å². The summed E-state index contributed by atoms with van der Waals surface area (Å²) in [5, 5.41) is 4.02. The summed E-state index contributed by atoms with van der Waals surface area (Å²) in [6.07, 6.45) is 0. The number of para-hydroxylation sites is 1. The van der Waals surface area contributed by atoms with Crippen molar-refractivity contribution < 1.29 is 26.7 Å². The Morgan fingerprint density at radius 2 is 1.79 bits per heavy atom. The van der Waals surface area contributed by atoms with Crippen molar-refractivity contribution in [3.05, 3.63) is 58.6 Å². The zero-order valence-electron chi connectivity index (χ0n) is 13.2. The lowest BCUT2D eigenvalue weighted by atomic mass is 10.1. The maximum absolute atomic E-state index is 10.9. The molecular weight excluding hydrogens is 351 g/mol. The highest BCUT2D eigenvalue weighted by Gasteiger charge is 2.11. The van der Waals surface area contributed by atoms with Crippen LogP contribution in [-0.2, 0) is 17.9 Å². The fraction of sp³-hybridized carbons (Fsp3) is 0.235. The number of primary amides is 1. The van der Waals surface area contributed by atoms with Crippen molar-refractivity contribution in [2.24, 2.45) is 5.73 Å². The molecule has 130 valence electrons. The number of nitrogens with two attached hydrogens (primary N) is 1. The van der Waals surface area contributed by atoms with E-state index in [-0.39, 0.29) is 19.0 Å². The molecule has 0 saturated carbocycles. The van der Waals surface area contributed by atoms with Crippen LogP contribution in [-0.4, -0.2) is 19.6 Å². The molecule has 0 aliphatic rings. The zero-order valence-corrected chi connectivity index (χ0v) is 14.7. The first-order valence-electron chi connectivity index (χ1n) is 7.13. The molecule has 2 rings (SSSR count). The quantitative estimate of drug-likeness (QED) is 0.658. The number of carbonyl (C=O) groups excluding carboxylic acids is 1. The first-order valence-corrected chi connectivity index (χ1v) is 7.50. The van der Waals surface area contributed by atoms with Crippen molar-refractivity contribution in [2.75, 3.05) is 13.7 Å². The Morgan fingerprint density at radius 3 is 2.46 bits per heavy atom. The highest BCUT2D eigenvalue weighted by atomic mass is 35.5. The molecule has 0 fully saturated rings. The summed E-state index contributed by atoms with van der Waals surface area (Å²) in [5.41, 5.74) is 7.02. The average Bonchev–Trinajstić information content (AvgIpc) is 2.55.